The summed E-state index contributed by atoms with van der Waals surface area (Å²) >= 11 is 4.94. The molecular weight excluding hydrogens is 572 g/mol. The molecule has 1 aromatic heterocycles. The van der Waals surface area contributed by atoms with Crippen LogP contribution in [0.1, 0.15) is 37.0 Å². The smallest absolute Gasteiger partial charge is 0.260 e. The van der Waals surface area contributed by atoms with Crippen molar-refractivity contribution in [3.63, 3.8) is 0 Å². The lowest BCUT2D eigenvalue weighted by molar-refractivity contribution is 0.0985. The van der Waals surface area contributed by atoms with Gasteiger partial charge in [-0.3, -0.25) is 9.69 Å². The molecule has 0 radical (unpaired) electrons. The molecule has 0 bridgehead atoms. The van der Waals surface area contributed by atoms with Gasteiger partial charge < -0.3 is 4.90 Å². The van der Waals surface area contributed by atoms with E-state index in [2.05, 4.69) is 20.9 Å². The molecule has 0 unspecified atom stereocenters. The molecule has 0 saturated carbocycles. The number of sulfonamides is 1. The van der Waals surface area contributed by atoms with E-state index in [9.17, 15) is 13.2 Å². The Hall–Kier alpha value is -1.56. The molecule has 0 aliphatic carbocycles. The van der Waals surface area contributed by atoms with E-state index >= 15 is 0 Å². The van der Waals surface area contributed by atoms with Crippen molar-refractivity contribution in [2.45, 2.75) is 31.6 Å². The van der Waals surface area contributed by atoms with Crippen molar-refractivity contribution in [2.24, 2.45) is 0 Å². The molecule has 11 heteroatoms. The molecule has 0 fully saturated rings. The van der Waals surface area contributed by atoms with Crippen LogP contribution in [0.2, 0.25) is 0 Å². The first kappa shape index (κ1) is 29.7. The maximum absolute atomic E-state index is 13.5. The lowest BCUT2D eigenvalue weighted by Gasteiger charge is -2.23. The summed E-state index contributed by atoms with van der Waals surface area (Å²) in [6.07, 6.45) is 1.49. The summed E-state index contributed by atoms with van der Waals surface area (Å²) in [4.78, 5) is 22.1. The zero-order chi connectivity index (χ0) is 24.9. The van der Waals surface area contributed by atoms with Gasteiger partial charge in [0.1, 0.15) is 0 Å². The predicted octanol–water partition coefficient (Wildman–Crippen LogP) is 5.50. The normalized spacial score (nSPS) is 11.7. The van der Waals surface area contributed by atoms with Gasteiger partial charge >= 0.3 is 0 Å². The SMILES string of the molecule is CCCN(CCC)S(=O)(=O)c1ccc(C(=O)N(CCN(C)C)c2nc3ccc(Br)cc3s2)cc1.Cl. The number of halogens is 2. The summed E-state index contributed by atoms with van der Waals surface area (Å²) in [5.41, 5.74) is 1.26. The van der Waals surface area contributed by atoms with Crippen LogP contribution in [0.5, 0.6) is 0 Å². The molecule has 1 heterocycles. The fourth-order valence-corrected chi connectivity index (χ4v) is 6.68. The number of anilines is 1. The molecule has 0 aliphatic rings. The quantitative estimate of drug-likeness (QED) is 0.289. The Morgan fingerprint density at radius 3 is 2.17 bits per heavy atom. The highest BCUT2D eigenvalue weighted by atomic mass is 79.9. The number of hydrogen-bond donors (Lipinski definition) is 0. The van der Waals surface area contributed by atoms with E-state index in [0.717, 1.165) is 27.5 Å². The van der Waals surface area contributed by atoms with E-state index in [1.54, 1.807) is 17.0 Å². The van der Waals surface area contributed by atoms with Gasteiger partial charge in [-0.15, -0.1) is 12.4 Å². The number of hydrogen-bond acceptors (Lipinski definition) is 6. The Labute approximate surface area is 226 Å². The summed E-state index contributed by atoms with van der Waals surface area (Å²) < 4.78 is 29.6. The number of rotatable bonds is 11. The molecule has 35 heavy (non-hydrogen) atoms. The van der Waals surface area contributed by atoms with Crippen LogP contribution in [0.3, 0.4) is 0 Å². The molecule has 3 aromatic rings. The topological polar surface area (TPSA) is 73.8 Å². The molecule has 0 N–H and O–H groups in total. The van der Waals surface area contributed by atoms with Gasteiger partial charge in [0, 0.05) is 36.2 Å². The Balaban J connectivity index is 0.00000432. The van der Waals surface area contributed by atoms with Crippen molar-refractivity contribution in [1.29, 1.82) is 0 Å². The number of fused-ring (bicyclic) bond motifs is 1. The maximum Gasteiger partial charge on any atom is 0.260 e. The first-order chi connectivity index (χ1) is 16.2. The second-order valence-corrected chi connectivity index (χ2v) is 12.2. The zero-order valence-electron chi connectivity index (χ0n) is 20.4. The van der Waals surface area contributed by atoms with Crippen LogP contribution in [0, 0.1) is 0 Å². The van der Waals surface area contributed by atoms with Gasteiger partial charge in [-0.2, -0.15) is 4.31 Å². The zero-order valence-corrected chi connectivity index (χ0v) is 24.4. The van der Waals surface area contributed by atoms with E-state index in [1.165, 1.54) is 27.8 Å². The van der Waals surface area contributed by atoms with Crippen LogP contribution in [-0.2, 0) is 10.0 Å². The van der Waals surface area contributed by atoms with Crippen molar-refractivity contribution in [3.05, 3.63) is 52.5 Å². The minimum absolute atomic E-state index is 0. The van der Waals surface area contributed by atoms with Gasteiger partial charge in [0.05, 0.1) is 15.1 Å². The molecular formula is C24H32BrClN4O3S2. The van der Waals surface area contributed by atoms with Crippen LogP contribution in [0.4, 0.5) is 5.13 Å². The third-order valence-corrected chi connectivity index (χ3v) is 8.72. The Morgan fingerprint density at radius 1 is 0.971 bits per heavy atom. The molecule has 192 valence electrons. The maximum atomic E-state index is 13.5. The number of aromatic nitrogens is 1. The van der Waals surface area contributed by atoms with E-state index in [-0.39, 0.29) is 23.2 Å². The van der Waals surface area contributed by atoms with Crippen molar-refractivity contribution < 1.29 is 13.2 Å². The van der Waals surface area contributed by atoms with Crippen molar-refractivity contribution >= 4 is 71.0 Å². The van der Waals surface area contributed by atoms with Gasteiger partial charge in [0.2, 0.25) is 10.0 Å². The van der Waals surface area contributed by atoms with E-state index in [4.69, 9.17) is 0 Å². The summed E-state index contributed by atoms with van der Waals surface area (Å²) in [7, 11) is 0.313. The first-order valence-electron chi connectivity index (χ1n) is 11.3. The molecule has 3 rings (SSSR count). The van der Waals surface area contributed by atoms with Crippen molar-refractivity contribution in [2.75, 3.05) is 45.2 Å². The highest BCUT2D eigenvalue weighted by Gasteiger charge is 2.25. The molecule has 0 saturated heterocycles. The Bertz CT molecular complexity index is 1230. The first-order valence-corrected chi connectivity index (χ1v) is 14.3. The molecule has 0 spiro atoms. The average molecular weight is 604 g/mol. The number of nitrogens with zero attached hydrogens (tertiary/aromatic N) is 4. The van der Waals surface area contributed by atoms with Crippen molar-refractivity contribution in [1.82, 2.24) is 14.2 Å². The second kappa shape index (κ2) is 13.1. The average Bonchev–Trinajstić information content (AvgIpc) is 3.21. The van der Waals surface area contributed by atoms with Gasteiger partial charge in [-0.25, -0.2) is 13.4 Å². The van der Waals surface area contributed by atoms with E-state index in [0.29, 0.717) is 36.9 Å². The highest BCUT2D eigenvalue weighted by molar-refractivity contribution is 9.10. The number of carbonyl (C=O) groups excluding carboxylic acids is 1. The molecule has 0 aliphatic heterocycles. The monoisotopic (exact) mass is 602 g/mol. The van der Waals surface area contributed by atoms with E-state index < -0.39 is 10.0 Å². The van der Waals surface area contributed by atoms with Crippen LogP contribution in [-0.4, -0.2) is 68.8 Å². The fourth-order valence-electron chi connectivity index (χ4n) is 3.51. The number of likely N-dealkylation sites (N-methyl/N-ethyl adjacent to an activating group) is 1. The summed E-state index contributed by atoms with van der Waals surface area (Å²) in [5, 5.41) is 0.619. The van der Waals surface area contributed by atoms with E-state index in [1.807, 2.05) is 51.0 Å². The van der Waals surface area contributed by atoms with Gasteiger partial charge in [-0.1, -0.05) is 41.1 Å². The summed E-state index contributed by atoms with van der Waals surface area (Å²) in [6.45, 7) is 6.01. The van der Waals surface area contributed by atoms with Gasteiger partial charge in [0.25, 0.3) is 5.91 Å². The number of amides is 1. The molecule has 1 amide bonds. The van der Waals surface area contributed by atoms with Crippen LogP contribution >= 0.6 is 39.7 Å². The number of carbonyl (C=O) groups is 1. The predicted molar refractivity (Wildman–Crippen MR) is 151 cm³/mol. The standard InChI is InChI=1S/C24H31BrN4O3S2.ClH/c1-5-13-28(14-6-2)34(31,32)20-10-7-18(8-11-20)23(30)29(16-15-27(3)4)24-26-21-12-9-19(25)17-22(21)33-24;/h7-12,17H,5-6,13-16H2,1-4H3;1H. The van der Waals surface area contributed by atoms with Crippen LogP contribution in [0.25, 0.3) is 10.2 Å². The van der Waals surface area contributed by atoms with Crippen LogP contribution < -0.4 is 4.90 Å². The highest BCUT2D eigenvalue weighted by Crippen LogP contribution is 2.31. The second-order valence-electron chi connectivity index (χ2n) is 8.30. The minimum atomic E-state index is -3.60. The number of thiazole rings is 1. The van der Waals surface area contributed by atoms with Gasteiger partial charge in [-0.05, 0) is 69.4 Å². The Kier molecular flexibility index (Phi) is 11.1. The molecule has 2 aromatic carbocycles. The van der Waals surface area contributed by atoms with Crippen LogP contribution in [0.15, 0.2) is 51.8 Å². The van der Waals surface area contributed by atoms with Crippen molar-refractivity contribution in [3.8, 4) is 0 Å². The minimum Gasteiger partial charge on any atom is -0.308 e. The lowest BCUT2D eigenvalue weighted by Crippen LogP contribution is -2.36. The molecule has 7 nitrogen and oxygen atoms in total. The third-order valence-electron chi connectivity index (χ3n) is 5.27. The lowest BCUT2D eigenvalue weighted by atomic mass is 10.2. The number of benzene rings is 2. The third kappa shape index (κ3) is 7.24. The molecule has 0 atom stereocenters. The largest absolute Gasteiger partial charge is 0.308 e. The van der Waals surface area contributed by atoms with Gasteiger partial charge in [0.15, 0.2) is 5.13 Å². The summed E-state index contributed by atoms with van der Waals surface area (Å²) in [5.74, 6) is -0.206. The summed E-state index contributed by atoms with van der Waals surface area (Å²) in [6, 6.07) is 12.1. The fraction of sp³-hybridized carbons (Fsp3) is 0.417. The Morgan fingerprint density at radius 2 is 1.60 bits per heavy atom.